The molecule has 0 aliphatic rings. The van der Waals surface area contributed by atoms with Gasteiger partial charge in [0.15, 0.2) is 0 Å². The molecule has 3 aromatic carbocycles. The average Bonchev–Trinajstić information content (AvgIpc) is 3.23. The topological polar surface area (TPSA) is 42.3 Å². The van der Waals surface area contributed by atoms with Crippen molar-refractivity contribution in [1.82, 2.24) is 8.87 Å². The molecule has 1 unspecified atom stereocenters. The van der Waals surface area contributed by atoms with Gasteiger partial charge in [-0.1, -0.05) is 79.7 Å². The molecule has 0 aliphatic carbocycles. The Labute approximate surface area is 196 Å². The fourth-order valence-corrected chi connectivity index (χ4v) is 5.88. The molecule has 0 bridgehead atoms. The third-order valence-corrected chi connectivity index (χ3v) is 7.80. The summed E-state index contributed by atoms with van der Waals surface area (Å²) in [6.07, 6.45) is 3.71. The Balaban J connectivity index is 1.84. The summed E-state index contributed by atoms with van der Waals surface area (Å²) in [7, 11) is 0.405. The van der Waals surface area contributed by atoms with Crippen LogP contribution in [0.4, 0.5) is 0 Å². The van der Waals surface area contributed by atoms with Crippen molar-refractivity contribution in [1.29, 1.82) is 0 Å². The van der Waals surface area contributed by atoms with Gasteiger partial charge in [0, 0.05) is 11.4 Å². The molecular formula is C28H30N2O2S. The zero-order valence-electron chi connectivity index (χ0n) is 19.3. The van der Waals surface area contributed by atoms with Crippen LogP contribution in [0, 0.1) is 0 Å². The minimum Gasteiger partial charge on any atom is -0.302 e. The molecule has 0 fully saturated rings. The van der Waals surface area contributed by atoms with Crippen LogP contribution in [-0.4, -0.2) is 31.4 Å². The molecule has 4 rings (SSSR count). The van der Waals surface area contributed by atoms with Crippen LogP contribution in [0.15, 0.2) is 102 Å². The van der Waals surface area contributed by atoms with E-state index in [1.807, 2.05) is 42.5 Å². The summed E-state index contributed by atoms with van der Waals surface area (Å²) in [4.78, 5) is 2.49. The second-order valence-corrected chi connectivity index (χ2v) is 10.2. The first kappa shape index (κ1) is 23.0. The van der Waals surface area contributed by atoms with Crippen LogP contribution in [0.2, 0.25) is 0 Å². The summed E-state index contributed by atoms with van der Waals surface area (Å²) in [5, 5.41) is 0.915. The van der Waals surface area contributed by atoms with E-state index in [4.69, 9.17) is 0 Å². The third kappa shape index (κ3) is 4.65. The van der Waals surface area contributed by atoms with Gasteiger partial charge in [-0.2, -0.15) is 0 Å². The standard InChI is InChI=1S/C28H30N2O2S/c1-4-22(19-20-26(29(2)3)23-13-7-5-8-14-23)28-21-24-15-11-12-18-27(24)30(28)33(31,32)25-16-9-6-10-17-25/h5-19,21,26H,4,20H2,1-3H3. The summed E-state index contributed by atoms with van der Waals surface area (Å²) < 4.78 is 29.0. The van der Waals surface area contributed by atoms with Crippen molar-refractivity contribution in [2.75, 3.05) is 14.1 Å². The van der Waals surface area contributed by atoms with Gasteiger partial charge in [0.1, 0.15) is 0 Å². The summed E-state index contributed by atoms with van der Waals surface area (Å²) >= 11 is 0. The van der Waals surface area contributed by atoms with Crippen molar-refractivity contribution in [2.45, 2.75) is 30.7 Å². The van der Waals surface area contributed by atoms with Crippen LogP contribution in [0.5, 0.6) is 0 Å². The summed E-state index contributed by atoms with van der Waals surface area (Å²) in [5.74, 6) is 0. The highest BCUT2D eigenvalue weighted by Gasteiger charge is 2.24. The van der Waals surface area contributed by atoms with E-state index in [9.17, 15) is 8.42 Å². The second kappa shape index (κ2) is 9.77. The van der Waals surface area contributed by atoms with Gasteiger partial charge in [0.25, 0.3) is 10.0 Å². The monoisotopic (exact) mass is 458 g/mol. The van der Waals surface area contributed by atoms with E-state index < -0.39 is 10.0 Å². The lowest BCUT2D eigenvalue weighted by molar-refractivity contribution is 0.301. The van der Waals surface area contributed by atoms with E-state index in [0.717, 1.165) is 29.5 Å². The molecule has 0 amide bonds. The molecule has 0 aliphatic heterocycles. The van der Waals surface area contributed by atoms with Crippen LogP contribution in [0.25, 0.3) is 16.5 Å². The number of allylic oxidation sites excluding steroid dienone is 1. The maximum absolute atomic E-state index is 13.7. The first-order chi connectivity index (χ1) is 15.9. The second-order valence-electron chi connectivity index (χ2n) is 8.38. The molecule has 0 saturated carbocycles. The van der Waals surface area contributed by atoms with Gasteiger partial charge >= 0.3 is 0 Å². The zero-order valence-corrected chi connectivity index (χ0v) is 20.2. The van der Waals surface area contributed by atoms with Gasteiger partial charge in [0.2, 0.25) is 0 Å². The van der Waals surface area contributed by atoms with Crippen LogP contribution in [0.3, 0.4) is 0 Å². The maximum Gasteiger partial charge on any atom is 0.268 e. The smallest absolute Gasteiger partial charge is 0.268 e. The van der Waals surface area contributed by atoms with Gasteiger partial charge in [0.05, 0.1) is 16.1 Å². The number of aromatic nitrogens is 1. The van der Waals surface area contributed by atoms with Crippen LogP contribution in [-0.2, 0) is 10.0 Å². The number of hydrogen-bond donors (Lipinski definition) is 0. The van der Waals surface area contributed by atoms with Crippen molar-refractivity contribution < 1.29 is 8.42 Å². The molecule has 0 spiro atoms. The van der Waals surface area contributed by atoms with E-state index in [1.54, 1.807) is 24.3 Å². The molecule has 33 heavy (non-hydrogen) atoms. The van der Waals surface area contributed by atoms with Gasteiger partial charge in [-0.3, -0.25) is 0 Å². The molecule has 0 radical (unpaired) electrons. The zero-order chi connectivity index (χ0) is 23.4. The molecule has 1 atom stereocenters. The van der Waals surface area contributed by atoms with Crippen molar-refractivity contribution in [3.05, 3.63) is 108 Å². The minimum absolute atomic E-state index is 0.205. The largest absolute Gasteiger partial charge is 0.302 e. The lowest BCUT2D eigenvalue weighted by atomic mass is 9.99. The Morgan fingerprint density at radius 2 is 1.52 bits per heavy atom. The summed E-state index contributed by atoms with van der Waals surface area (Å²) in [6.45, 7) is 2.08. The highest BCUT2D eigenvalue weighted by molar-refractivity contribution is 7.90. The van der Waals surface area contributed by atoms with E-state index in [1.165, 1.54) is 9.54 Å². The predicted octanol–water partition coefficient (Wildman–Crippen LogP) is 6.36. The van der Waals surface area contributed by atoms with E-state index in [2.05, 4.69) is 56.3 Å². The van der Waals surface area contributed by atoms with Crippen molar-refractivity contribution in [2.24, 2.45) is 0 Å². The fourth-order valence-electron chi connectivity index (χ4n) is 4.31. The molecule has 1 heterocycles. The fraction of sp³-hybridized carbons (Fsp3) is 0.214. The Hall–Kier alpha value is -3.15. The van der Waals surface area contributed by atoms with Crippen molar-refractivity contribution >= 4 is 26.5 Å². The van der Waals surface area contributed by atoms with E-state index in [-0.39, 0.29) is 6.04 Å². The van der Waals surface area contributed by atoms with E-state index >= 15 is 0 Å². The third-order valence-electron chi connectivity index (χ3n) is 6.05. The quantitative estimate of drug-likeness (QED) is 0.308. The summed E-state index contributed by atoms with van der Waals surface area (Å²) in [5.41, 5.74) is 3.69. The number of hydrogen-bond acceptors (Lipinski definition) is 3. The molecule has 5 heteroatoms. The molecule has 0 N–H and O–H groups in total. The highest BCUT2D eigenvalue weighted by Crippen LogP contribution is 2.33. The van der Waals surface area contributed by atoms with Gasteiger partial charge in [-0.25, -0.2) is 12.4 Å². The molecular weight excluding hydrogens is 428 g/mol. The highest BCUT2D eigenvalue weighted by atomic mass is 32.2. The van der Waals surface area contributed by atoms with Gasteiger partial charge < -0.3 is 4.90 Å². The van der Waals surface area contributed by atoms with Crippen molar-refractivity contribution in [3.63, 3.8) is 0 Å². The Kier molecular flexibility index (Phi) is 6.82. The lowest BCUT2D eigenvalue weighted by Gasteiger charge is -2.24. The first-order valence-electron chi connectivity index (χ1n) is 11.3. The lowest BCUT2D eigenvalue weighted by Crippen LogP contribution is -2.19. The van der Waals surface area contributed by atoms with Crippen LogP contribution >= 0.6 is 0 Å². The SMILES string of the molecule is CCC(=CCC(c1ccccc1)N(C)C)c1cc2ccccc2n1S(=O)(=O)c1ccccc1. The summed E-state index contributed by atoms with van der Waals surface area (Å²) in [6, 6.07) is 28.9. The molecule has 1 aromatic heterocycles. The first-order valence-corrected chi connectivity index (χ1v) is 12.7. The maximum atomic E-state index is 13.7. The number of para-hydroxylation sites is 1. The number of nitrogens with zero attached hydrogens (tertiary/aromatic N) is 2. The molecule has 4 aromatic rings. The Morgan fingerprint density at radius 3 is 2.15 bits per heavy atom. The molecule has 170 valence electrons. The normalized spacial score (nSPS) is 13.5. The van der Waals surface area contributed by atoms with Gasteiger partial charge in [-0.15, -0.1) is 0 Å². The Morgan fingerprint density at radius 1 is 0.909 bits per heavy atom. The van der Waals surface area contributed by atoms with Crippen molar-refractivity contribution in [3.8, 4) is 0 Å². The number of rotatable bonds is 8. The molecule has 4 nitrogen and oxygen atoms in total. The van der Waals surface area contributed by atoms with Gasteiger partial charge in [-0.05, 0) is 62.3 Å². The minimum atomic E-state index is -3.75. The predicted molar refractivity (Wildman–Crippen MR) is 137 cm³/mol. The number of benzene rings is 3. The van der Waals surface area contributed by atoms with E-state index in [0.29, 0.717) is 10.4 Å². The molecule has 0 saturated heterocycles. The average molecular weight is 459 g/mol. The Bertz CT molecular complexity index is 1360. The van der Waals surface area contributed by atoms with Crippen LogP contribution < -0.4 is 0 Å². The number of fused-ring (bicyclic) bond motifs is 1. The van der Waals surface area contributed by atoms with Crippen LogP contribution in [0.1, 0.15) is 37.1 Å².